The monoisotopic (exact) mass is 287 g/mol. The van der Waals surface area contributed by atoms with Crippen molar-refractivity contribution in [1.82, 2.24) is 15.1 Å². The van der Waals surface area contributed by atoms with Gasteiger partial charge in [0.15, 0.2) is 5.75 Å². The molecule has 4 nitrogen and oxygen atoms in total. The topological polar surface area (TPSA) is 39.1 Å². The summed E-state index contributed by atoms with van der Waals surface area (Å²) in [5.41, 5.74) is 2.43. The molecule has 0 saturated carbocycles. The minimum atomic E-state index is 0.163. The number of nitrogens with zero attached hydrogens (tertiary/aromatic N) is 2. The van der Waals surface area contributed by atoms with Gasteiger partial charge in [0, 0.05) is 12.5 Å². The third kappa shape index (κ3) is 3.27. The van der Waals surface area contributed by atoms with Gasteiger partial charge in [0.25, 0.3) is 0 Å². The second-order valence-electron chi connectivity index (χ2n) is 5.29. The van der Waals surface area contributed by atoms with Gasteiger partial charge in [-0.15, -0.1) is 0 Å². The van der Waals surface area contributed by atoms with Gasteiger partial charge in [-0.05, 0) is 19.0 Å². The van der Waals surface area contributed by atoms with Crippen LogP contribution in [0.1, 0.15) is 43.5 Å². The highest BCUT2D eigenvalue weighted by Gasteiger charge is 2.26. The summed E-state index contributed by atoms with van der Waals surface area (Å²) in [6.07, 6.45) is 2.86. The molecule has 2 atom stereocenters. The first kappa shape index (κ1) is 15.6. The molecule has 0 saturated heterocycles. The Morgan fingerprint density at radius 2 is 2.00 bits per heavy atom. The van der Waals surface area contributed by atoms with E-state index in [4.69, 9.17) is 4.74 Å². The highest BCUT2D eigenvalue weighted by molar-refractivity contribution is 5.32. The molecule has 2 unspecified atom stereocenters. The van der Waals surface area contributed by atoms with Crippen LogP contribution in [0, 0.1) is 0 Å². The lowest BCUT2D eigenvalue weighted by Gasteiger charge is -2.25. The first-order valence-electron chi connectivity index (χ1n) is 7.54. The van der Waals surface area contributed by atoms with Crippen LogP contribution in [0.5, 0.6) is 5.75 Å². The van der Waals surface area contributed by atoms with Gasteiger partial charge >= 0.3 is 0 Å². The Balaban J connectivity index is 2.38. The predicted molar refractivity (Wildman–Crippen MR) is 85.7 cm³/mol. The molecular weight excluding hydrogens is 262 g/mol. The highest BCUT2D eigenvalue weighted by Crippen LogP contribution is 2.35. The number of aryl methyl sites for hydroxylation is 1. The highest BCUT2D eigenvalue weighted by atomic mass is 16.5. The van der Waals surface area contributed by atoms with Crippen molar-refractivity contribution >= 4 is 0 Å². The first-order chi connectivity index (χ1) is 10.2. The van der Waals surface area contributed by atoms with E-state index in [1.807, 2.05) is 19.3 Å². The Labute approximate surface area is 127 Å². The average Bonchev–Trinajstić information content (AvgIpc) is 2.92. The molecule has 1 aromatic carbocycles. The maximum atomic E-state index is 5.52. The van der Waals surface area contributed by atoms with Crippen molar-refractivity contribution < 1.29 is 4.74 Å². The van der Waals surface area contributed by atoms with Gasteiger partial charge < -0.3 is 10.1 Å². The van der Waals surface area contributed by atoms with Crippen LogP contribution >= 0.6 is 0 Å². The molecule has 114 valence electrons. The lowest BCUT2D eigenvalue weighted by molar-refractivity contribution is 0.382. The lowest BCUT2D eigenvalue weighted by Crippen LogP contribution is -2.26. The number of ether oxygens (including phenoxy) is 1. The zero-order valence-corrected chi connectivity index (χ0v) is 13.3. The van der Waals surface area contributed by atoms with Crippen LogP contribution in [-0.4, -0.2) is 23.9 Å². The van der Waals surface area contributed by atoms with E-state index < -0.39 is 0 Å². The third-order valence-electron chi connectivity index (χ3n) is 3.93. The maximum Gasteiger partial charge on any atom is 0.161 e. The van der Waals surface area contributed by atoms with Crippen LogP contribution in [0.4, 0.5) is 0 Å². The van der Waals surface area contributed by atoms with E-state index in [0.29, 0.717) is 5.92 Å². The van der Waals surface area contributed by atoms with Crippen LogP contribution in [0.15, 0.2) is 36.5 Å². The number of hydrogen-bond acceptors (Lipinski definition) is 3. The Hall–Kier alpha value is -1.81. The van der Waals surface area contributed by atoms with Crippen molar-refractivity contribution in [2.75, 3.05) is 14.2 Å². The van der Waals surface area contributed by atoms with Crippen LogP contribution in [-0.2, 0) is 6.54 Å². The third-order valence-corrected chi connectivity index (χ3v) is 3.93. The van der Waals surface area contributed by atoms with Crippen LogP contribution in [0.3, 0.4) is 0 Å². The summed E-state index contributed by atoms with van der Waals surface area (Å²) in [6, 6.07) is 10.7. The Bertz CT molecular complexity index is 550. The van der Waals surface area contributed by atoms with Gasteiger partial charge in [-0.2, -0.15) is 5.10 Å². The zero-order valence-electron chi connectivity index (χ0n) is 13.3. The maximum absolute atomic E-state index is 5.52. The van der Waals surface area contributed by atoms with Crippen LogP contribution < -0.4 is 10.1 Å². The number of aromatic nitrogens is 2. The predicted octanol–water partition coefficient (Wildman–Crippen LogP) is 3.37. The van der Waals surface area contributed by atoms with Crippen molar-refractivity contribution in [3.63, 3.8) is 0 Å². The van der Waals surface area contributed by atoms with Gasteiger partial charge in [-0.1, -0.05) is 44.2 Å². The summed E-state index contributed by atoms with van der Waals surface area (Å²) in [6.45, 7) is 5.30. The average molecular weight is 287 g/mol. The number of benzene rings is 1. The van der Waals surface area contributed by atoms with Crippen molar-refractivity contribution in [3.05, 3.63) is 47.8 Å². The minimum Gasteiger partial charge on any atom is -0.493 e. The summed E-state index contributed by atoms with van der Waals surface area (Å²) < 4.78 is 7.57. The van der Waals surface area contributed by atoms with E-state index in [0.717, 1.165) is 24.4 Å². The molecule has 0 aliphatic carbocycles. The fourth-order valence-corrected chi connectivity index (χ4v) is 2.81. The molecule has 0 fully saturated rings. The number of methoxy groups -OCH3 is 1. The summed E-state index contributed by atoms with van der Waals surface area (Å²) in [5.74, 6) is 1.18. The van der Waals surface area contributed by atoms with E-state index in [9.17, 15) is 0 Å². The number of hydrogen-bond donors (Lipinski definition) is 1. The van der Waals surface area contributed by atoms with Gasteiger partial charge in [-0.25, -0.2) is 0 Å². The van der Waals surface area contributed by atoms with Gasteiger partial charge in [0.05, 0.1) is 25.0 Å². The van der Waals surface area contributed by atoms with Crippen molar-refractivity contribution in [1.29, 1.82) is 0 Å². The van der Waals surface area contributed by atoms with E-state index in [1.54, 1.807) is 7.11 Å². The molecule has 4 heteroatoms. The fraction of sp³-hybridized carbons (Fsp3) is 0.471. The van der Waals surface area contributed by atoms with Gasteiger partial charge in [0.1, 0.15) is 0 Å². The quantitative estimate of drug-likeness (QED) is 0.848. The van der Waals surface area contributed by atoms with Gasteiger partial charge in [-0.3, -0.25) is 4.68 Å². The molecule has 0 radical (unpaired) electrons. The molecule has 2 aromatic rings. The van der Waals surface area contributed by atoms with Gasteiger partial charge in [0.2, 0.25) is 0 Å². The molecule has 0 spiro atoms. The summed E-state index contributed by atoms with van der Waals surface area (Å²) in [7, 11) is 3.70. The van der Waals surface area contributed by atoms with E-state index in [2.05, 4.69) is 53.2 Å². The first-order valence-corrected chi connectivity index (χ1v) is 7.54. The number of nitrogens with one attached hydrogen (secondary N) is 1. The SMILES string of the molecule is CCCn1ncc(OC)c1C(NC)C(C)c1ccccc1. The molecule has 0 bridgehead atoms. The Morgan fingerprint density at radius 3 is 2.57 bits per heavy atom. The largest absolute Gasteiger partial charge is 0.493 e. The van der Waals surface area contributed by atoms with Crippen molar-refractivity contribution in [2.24, 2.45) is 0 Å². The molecule has 1 N–H and O–H groups in total. The number of likely N-dealkylation sites (N-methyl/N-ethyl adjacent to an activating group) is 1. The molecule has 2 rings (SSSR count). The van der Waals surface area contributed by atoms with Crippen LogP contribution in [0.2, 0.25) is 0 Å². The Kier molecular flexibility index (Phi) is 5.39. The van der Waals surface area contributed by atoms with Crippen LogP contribution in [0.25, 0.3) is 0 Å². The molecular formula is C17H25N3O. The molecule has 1 heterocycles. The number of rotatable bonds is 7. The standard InChI is InChI=1S/C17H25N3O/c1-5-11-20-17(15(21-4)12-19-20)16(18-3)13(2)14-9-7-6-8-10-14/h6-10,12-13,16,18H,5,11H2,1-4H3. The fourth-order valence-electron chi connectivity index (χ4n) is 2.81. The summed E-state index contributed by atoms with van der Waals surface area (Å²) in [5, 5.41) is 7.91. The molecule has 0 aliphatic heterocycles. The summed E-state index contributed by atoms with van der Waals surface area (Å²) in [4.78, 5) is 0. The zero-order chi connectivity index (χ0) is 15.2. The second-order valence-corrected chi connectivity index (χ2v) is 5.29. The molecule has 0 amide bonds. The normalized spacial score (nSPS) is 13.9. The second kappa shape index (κ2) is 7.27. The molecule has 0 aliphatic rings. The van der Waals surface area contributed by atoms with E-state index in [-0.39, 0.29) is 6.04 Å². The smallest absolute Gasteiger partial charge is 0.161 e. The van der Waals surface area contributed by atoms with E-state index >= 15 is 0 Å². The van der Waals surface area contributed by atoms with E-state index in [1.165, 1.54) is 5.56 Å². The molecule has 21 heavy (non-hydrogen) atoms. The molecule has 1 aromatic heterocycles. The minimum absolute atomic E-state index is 0.163. The lowest BCUT2D eigenvalue weighted by atomic mass is 9.91. The summed E-state index contributed by atoms with van der Waals surface area (Å²) >= 11 is 0. The van der Waals surface area contributed by atoms with Crippen molar-refractivity contribution in [3.8, 4) is 5.75 Å². The Morgan fingerprint density at radius 1 is 1.29 bits per heavy atom. The van der Waals surface area contributed by atoms with Crippen molar-refractivity contribution in [2.45, 2.75) is 38.8 Å².